The fraction of sp³-hybridized carbons (Fsp3) is 0.720. The average molecular weight is 403 g/mol. The van der Waals surface area contributed by atoms with Gasteiger partial charge in [0.15, 0.2) is 0 Å². The van der Waals surface area contributed by atoms with Crippen molar-refractivity contribution in [2.24, 2.45) is 17.3 Å². The van der Waals surface area contributed by atoms with E-state index < -0.39 is 11.6 Å². The maximum absolute atomic E-state index is 14.2. The zero-order valence-electron chi connectivity index (χ0n) is 18.6. The fourth-order valence-corrected chi connectivity index (χ4v) is 6.42. The number of amides is 1. The average Bonchev–Trinajstić information content (AvgIpc) is 2.71. The van der Waals surface area contributed by atoms with Crippen LogP contribution in [0.4, 0.5) is 4.39 Å². The molecule has 3 fully saturated rings. The van der Waals surface area contributed by atoms with E-state index in [1.165, 1.54) is 18.4 Å². The first-order chi connectivity index (χ1) is 13.9. The fourth-order valence-electron chi connectivity index (χ4n) is 6.42. The van der Waals surface area contributed by atoms with Crippen LogP contribution in [-0.2, 0) is 10.2 Å². The summed E-state index contributed by atoms with van der Waals surface area (Å²) in [5.74, 6) is 1.33. The Hall–Kier alpha value is -1.42. The van der Waals surface area contributed by atoms with Crippen LogP contribution >= 0.6 is 0 Å². The molecule has 6 unspecified atom stereocenters. The van der Waals surface area contributed by atoms with Gasteiger partial charge in [-0.25, -0.2) is 4.39 Å². The van der Waals surface area contributed by atoms with Crippen LogP contribution in [0.1, 0.15) is 71.8 Å². The highest BCUT2D eigenvalue weighted by molar-refractivity contribution is 5.83. The molecule has 1 heterocycles. The first-order valence-electron chi connectivity index (χ1n) is 11.6. The number of benzene rings is 1. The standard InChI is InChI=1S/C23H33FN2O.C2H6/c1-16-10-17-12-22(2,21(27)26-20-8-9-25-14-19(20)24)15-23(11-16,13-17)18-6-4-3-5-7-18;1-2/h3-7,16-17,19-20,25H,8-15H2,1-2H3,(H,26,27);1-2H3. The first-order valence-corrected chi connectivity index (χ1v) is 11.6. The van der Waals surface area contributed by atoms with Crippen LogP contribution in [0.3, 0.4) is 0 Å². The maximum atomic E-state index is 14.2. The molecule has 29 heavy (non-hydrogen) atoms. The monoisotopic (exact) mass is 402 g/mol. The van der Waals surface area contributed by atoms with Crippen molar-refractivity contribution in [2.45, 2.75) is 83.8 Å². The van der Waals surface area contributed by atoms with Gasteiger partial charge in [-0.1, -0.05) is 58.0 Å². The highest BCUT2D eigenvalue weighted by Crippen LogP contribution is 2.58. The van der Waals surface area contributed by atoms with Gasteiger partial charge in [-0.15, -0.1) is 0 Å². The van der Waals surface area contributed by atoms with Gasteiger partial charge >= 0.3 is 0 Å². The molecule has 1 aromatic carbocycles. The number of piperidine rings is 1. The SMILES string of the molecule is CC.CC1CC2CC(C)(C(=O)NC3CCNCC3F)CC(c3ccccc3)(C1)C2. The molecule has 6 atom stereocenters. The summed E-state index contributed by atoms with van der Waals surface area (Å²) in [6.07, 6.45) is 5.03. The van der Waals surface area contributed by atoms with Crippen molar-refractivity contribution >= 4 is 5.91 Å². The second kappa shape index (κ2) is 9.16. The van der Waals surface area contributed by atoms with Crippen molar-refractivity contribution in [3.63, 3.8) is 0 Å². The van der Waals surface area contributed by atoms with Crippen LogP contribution in [0.15, 0.2) is 30.3 Å². The molecule has 0 spiro atoms. The lowest BCUT2D eigenvalue weighted by Gasteiger charge is -2.54. The lowest BCUT2D eigenvalue weighted by atomic mass is 9.50. The number of hydrogen-bond acceptors (Lipinski definition) is 2. The third-order valence-corrected chi connectivity index (χ3v) is 7.28. The normalized spacial score (nSPS) is 39.1. The molecule has 3 nitrogen and oxygen atoms in total. The summed E-state index contributed by atoms with van der Waals surface area (Å²) in [4.78, 5) is 13.3. The summed E-state index contributed by atoms with van der Waals surface area (Å²) in [5, 5.41) is 6.16. The molecule has 2 saturated carbocycles. The van der Waals surface area contributed by atoms with E-state index in [0.717, 1.165) is 25.8 Å². The maximum Gasteiger partial charge on any atom is 0.226 e. The van der Waals surface area contributed by atoms with Crippen LogP contribution in [0, 0.1) is 17.3 Å². The summed E-state index contributed by atoms with van der Waals surface area (Å²) in [6, 6.07) is 10.4. The Kier molecular flexibility index (Phi) is 7.03. The summed E-state index contributed by atoms with van der Waals surface area (Å²) < 4.78 is 14.2. The Morgan fingerprint density at radius 1 is 1.17 bits per heavy atom. The second-order valence-corrected chi connectivity index (χ2v) is 9.79. The van der Waals surface area contributed by atoms with Crippen LogP contribution in [-0.4, -0.2) is 31.2 Å². The van der Waals surface area contributed by atoms with Crippen LogP contribution < -0.4 is 10.6 Å². The van der Waals surface area contributed by atoms with E-state index in [1.807, 2.05) is 13.8 Å². The molecule has 1 aliphatic heterocycles. The van der Waals surface area contributed by atoms with Crippen molar-refractivity contribution in [3.05, 3.63) is 35.9 Å². The van der Waals surface area contributed by atoms with E-state index in [0.29, 0.717) is 24.8 Å². The summed E-state index contributed by atoms with van der Waals surface area (Å²) in [5.41, 5.74) is 1.05. The predicted molar refractivity (Wildman–Crippen MR) is 118 cm³/mol. The Morgan fingerprint density at radius 2 is 1.90 bits per heavy atom. The van der Waals surface area contributed by atoms with Crippen molar-refractivity contribution in [2.75, 3.05) is 13.1 Å². The number of fused-ring (bicyclic) bond motifs is 2. The lowest BCUT2D eigenvalue weighted by Crippen LogP contribution is -2.57. The predicted octanol–water partition coefficient (Wildman–Crippen LogP) is 5.00. The van der Waals surface area contributed by atoms with Gasteiger partial charge in [-0.3, -0.25) is 4.79 Å². The van der Waals surface area contributed by atoms with Crippen LogP contribution in [0.5, 0.6) is 0 Å². The van der Waals surface area contributed by atoms with E-state index in [9.17, 15) is 9.18 Å². The molecular weight excluding hydrogens is 363 g/mol. The van der Waals surface area contributed by atoms with E-state index in [-0.39, 0.29) is 17.4 Å². The smallest absolute Gasteiger partial charge is 0.226 e. The number of halogens is 1. The highest BCUT2D eigenvalue weighted by atomic mass is 19.1. The molecule has 1 saturated heterocycles. The molecule has 2 aliphatic carbocycles. The summed E-state index contributed by atoms with van der Waals surface area (Å²) in [7, 11) is 0. The lowest BCUT2D eigenvalue weighted by molar-refractivity contribution is -0.138. The number of alkyl halides is 1. The van der Waals surface area contributed by atoms with Crippen LogP contribution in [0.25, 0.3) is 0 Å². The van der Waals surface area contributed by atoms with Gasteiger partial charge in [0.05, 0.1) is 6.04 Å². The Morgan fingerprint density at radius 3 is 2.59 bits per heavy atom. The quantitative estimate of drug-likeness (QED) is 0.747. The molecule has 1 aromatic rings. The van der Waals surface area contributed by atoms with Crippen molar-refractivity contribution in [1.82, 2.24) is 10.6 Å². The van der Waals surface area contributed by atoms with Crippen molar-refractivity contribution in [1.29, 1.82) is 0 Å². The van der Waals surface area contributed by atoms with E-state index in [2.05, 4.69) is 54.8 Å². The molecule has 4 rings (SSSR count). The minimum absolute atomic E-state index is 0.0663. The molecule has 2 N–H and O–H groups in total. The third kappa shape index (κ3) is 4.68. The minimum Gasteiger partial charge on any atom is -0.350 e. The summed E-state index contributed by atoms with van der Waals surface area (Å²) >= 11 is 0. The number of carbonyl (C=O) groups excluding carboxylic acids is 1. The third-order valence-electron chi connectivity index (χ3n) is 7.28. The molecule has 4 heteroatoms. The summed E-state index contributed by atoms with van der Waals surface area (Å²) in [6.45, 7) is 9.59. The zero-order valence-corrected chi connectivity index (χ0v) is 18.6. The van der Waals surface area contributed by atoms with Gasteiger partial charge in [0.2, 0.25) is 5.91 Å². The molecule has 0 radical (unpaired) electrons. The molecule has 162 valence electrons. The minimum atomic E-state index is -0.988. The first kappa shape index (κ1) is 22.3. The molecule has 3 aliphatic rings. The highest BCUT2D eigenvalue weighted by Gasteiger charge is 2.53. The molecular formula is C25H39FN2O. The molecule has 1 amide bonds. The van der Waals surface area contributed by atoms with Crippen molar-refractivity contribution in [3.8, 4) is 0 Å². The van der Waals surface area contributed by atoms with Gasteiger partial charge in [0.25, 0.3) is 0 Å². The Labute approximate surface area is 176 Å². The van der Waals surface area contributed by atoms with Gasteiger partial charge in [0, 0.05) is 12.0 Å². The van der Waals surface area contributed by atoms with E-state index in [1.54, 1.807) is 0 Å². The Balaban J connectivity index is 0.00000117. The second-order valence-electron chi connectivity index (χ2n) is 9.79. The zero-order chi connectivity index (χ0) is 21.1. The van der Waals surface area contributed by atoms with Gasteiger partial charge in [-0.2, -0.15) is 0 Å². The van der Waals surface area contributed by atoms with E-state index >= 15 is 0 Å². The largest absolute Gasteiger partial charge is 0.350 e. The number of carbonyl (C=O) groups is 1. The van der Waals surface area contributed by atoms with Crippen molar-refractivity contribution < 1.29 is 9.18 Å². The van der Waals surface area contributed by atoms with Gasteiger partial charge in [-0.05, 0) is 67.9 Å². The topological polar surface area (TPSA) is 41.1 Å². The van der Waals surface area contributed by atoms with Gasteiger partial charge in [0.1, 0.15) is 6.17 Å². The number of rotatable bonds is 3. The molecule has 2 bridgehead atoms. The van der Waals surface area contributed by atoms with Crippen LogP contribution in [0.2, 0.25) is 0 Å². The van der Waals surface area contributed by atoms with E-state index in [4.69, 9.17) is 0 Å². The Bertz CT molecular complexity index is 677. The van der Waals surface area contributed by atoms with Gasteiger partial charge < -0.3 is 10.6 Å². The number of hydrogen-bond donors (Lipinski definition) is 2. The number of nitrogens with one attached hydrogen (secondary N) is 2. The molecule has 0 aromatic heterocycles.